The number of aromatic nitrogens is 1. The van der Waals surface area contributed by atoms with Crippen molar-refractivity contribution in [1.82, 2.24) is 10.1 Å². The normalized spacial score (nSPS) is 12.3. The number of halogens is 1. The van der Waals surface area contributed by atoms with Crippen molar-refractivity contribution in [2.24, 2.45) is 5.92 Å². The van der Waals surface area contributed by atoms with Gasteiger partial charge in [0.05, 0.1) is 18.3 Å². The number of rotatable bonds is 14. The summed E-state index contributed by atoms with van der Waals surface area (Å²) in [6.45, 7) is 12.2. The lowest BCUT2D eigenvalue weighted by atomic mass is 10.1. The molecule has 0 saturated carbocycles. The molecule has 32 heavy (non-hydrogen) atoms. The van der Waals surface area contributed by atoms with Crippen LogP contribution in [0.4, 0.5) is 10.3 Å². The van der Waals surface area contributed by atoms with Crippen LogP contribution >= 0.6 is 0 Å². The van der Waals surface area contributed by atoms with E-state index in [1.54, 1.807) is 12.1 Å². The Kier molecular flexibility index (Phi) is 10.7. The number of terminal acetylenes is 1. The molecule has 0 aliphatic carbocycles. The molecule has 2 rings (SSSR count). The summed E-state index contributed by atoms with van der Waals surface area (Å²) < 4.78 is 24.6. The molecule has 6 nitrogen and oxygen atoms in total. The van der Waals surface area contributed by atoms with E-state index in [9.17, 15) is 9.50 Å². The van der Waals surface area contributed by atoms with Crippen LogP contribution in [-0.2, 0) is 11.3 Å². The minimum atomic E-state index is -0.665. The summed E-state index contributed by atoms with van der Waals surface area (Å²) in [5.41, 5.74) is 2.42. The molecule has 7 heteroatoms. The van der Waals surface area contributed by atoms with Gasteiger partial charge in [0.15, 0.2) is 0 Å². The largest absolute Gasteiger partial charge is 0.389 e. The van der Waals surface area contributed by atoms with Gasteiger partial charge in [-0.15, -0.1) is 6.42 Å². The van der Waals surface area contributed by atoms with Crippen LogP contribution in [0.25, 0.3) is 11.3 Å². The van der Waals surface area contributed by atoms with Gasteiger partial charge in [0.1, 0.15) is 18.1 Å². The summed E-state index contributed by atoms with van der Waals surface area (Å²) in [4.78, 5) is 4.30. The van der Waals surface area contributed by atoms with Crippen LogP contribution in [0.2, 0.25) is 0 Å². The number of benzene rings is 1. The summed E-state index contributed by atoms with van der Waals surface area (Å²) in [7, 11) is 0. The lowest BCUT2D eigenvalue weighted by Gasteiger charge is -2.27. The molecule has 0 unspecified atom stereocenters. The van der Waals surface area contributed by atoms with Gasteiger partial charge in [-0.25, -0.2) is 4.39 Å². The predicted octanol–water partition coefficient (Wildman–Crippen LogP) is 4.19. The van der Waals surface area contributed by atoms with Crippen molar-refractivity contribution >= 4 is 5.88 Å². The quantitative estimate of drug-likeness (QED) is 0.348. The average molecular weight is 446 g/mol. The van der Waals surface area contributed by atoms with Crippen molar-refractivity contribution in [3.63, 3.8) is 0 Å². The maximum absolute atomic E-state index is 13.5. The zero-order chi connectivity index (χ0) is 23.5. The van der Waals surface area contributed by atoms with Crippen LogP contribution in [0.1, 0.15) is 39.7 Å². The van der Waals surface area contributed by atoms with E-state index in [1.807, 2.05) is 0 Å². The fraction of sp³-hybridized carbons (Fsp3) is 0.560. The first-order chi connectivity index (χ1) is 15.4. The van der Waals surface area contributed by atoms with Crippen LogP contribution in [-0.4, -0.2) is 60.7 Å². The van der Waals surface area contributed by atoms with E-state index in [-0.39, 0.29) is 19.0 Å². The Bertz CT molecular complexity index is 841. The maximum atomic E-state index is 13.5. The molecule has 0 saturated heterocycles. The summed E-state index contributed by atoms with van der Waals surface area (Å²) in [5.74, 6) is 3.35. The molecule has 1 atom stereocenters. The highest BCUT2D eigenvalue weighted by atomic mass is 19.1. The van der Waals surface area contributed by atoms with E-state index < -0.39 is 6.10 Å². The Hall–Kier alpha value is -2.40. The number of anilines is 1. The fourth-order valence-corrected chi connectivity index (χ4v) is 3.54. The van der Waals surface area contributed by atoms with Crippen molar-refractivity contribution in [3.8, 4) is 23.6 Å². The first-order valence-corrected chi connectivity index (χ1v) is 11.3. The highest BCUT2D eigenvalue weighted by Crippen LogP contribution is 2.33. The first kappa shape index (κ1) is 25.9. The molecule has 0 fully saturated rings. The summed E-state index contributed by atoms with van der Waals surface area (Å²) in [6, 6.07) is 6.27. The lowest BCUT2D eigenvalue weighted by molar-refractivity contribution is 0.0252. The maximum Gasteiger partial charge on any atom is 0.232 e. The van der Waals surface area contributed by atoms with E-state index in [1.165, 1.54) is 12.1 Å². The van der Waals surface area contributed by atoms with E-state index >= 15 is 0 Å². The van der Waals surface area contributed by atoms with E-state index in [0.717, 1.165) is 37.2 Å². The third kappa shape index (κ3) is 7.63. The fourth-order valence-electron chi connectivity index (χ4n) is 3.54. The molecule has 1 N–H and O–H groups in total. The second-order valence-corrected chi connectivity index (χ2v) is 8.28. The number of hydrogen-bond donors (Lipinski definition) is 1. The van der Waals surface area contributed by atoms with Crippen molar-refractivity contribution in [1.29, 1.82) is 0 Å². The zero-order valence-corrected chi connectivity index (χ0v) is 19.7. The van der Waals surface area contributed by atoms with Gasteiger partial charge in [0, 0.05) is 31.7 Å². The molecule has 0 spiro atoms. The predicted molar refractivity (Wildman–Crippen MR) is 126 cm³/mol. The Morgan fingerprint density at radius 2 is 1.91 bits per heavy atom. The van der Waals surface area contributed by atoms with Crippen molar-refractivity contribution in [2.45, 2.75) is 46.8 Å². The van der Waals surface area contributed by atoms with Gasteiger partial charge in [0.25, 0.3) is 0 Å². The summed E-state index contributed by atoms with van der Waals surface area (Å²) >= 11 is 0. The number of hydrogen-bond acceptors (Lipinski definition) is 6. The third-order valence-corrected chi connectivity index (χ3v) is 5.30. The molecular formula is C25H36FN3O3. The highest BCUT2D eigenvalue weighted by molar-refractivity contribution is 5.68. The van der Waals surface area contributed by atoms with Crippen molar-refractivity contribution in [3.05, 3.63) is 35.6 Å². The summed E-state index contributed by atoms with van der Waals surface area (Å²) in [5, 5.41) is 14.8. The monoisotopic (exact) mass is 445 g/mol. The first-order valence-electron chi connectivity index (χ1n) is 11.3. The van der Waals surface area contributed by atoms with E-state index in [2.05, 4.69) is 48.6 Å². The zero-order valence-electron chi connectivity index (χ0n) is 19.7. The smallest absolute Gasteiger partial charge is 0.232 e. The second-order valence-electron chi connectivity index (χ2n) is 8.28. The van der Waals surface area contributed by atoms with Crippen LogP contribution in [0.3, 0.4) is 0 Å². The molecule has 1 aromatic heterocycles. The second kappa shape index (κ2) is 13.2. The van der Waals surface area contributed by atoms with Crippen molar-refractivity contribution in [2.75, 3.05) is 44.3 Å². The molecule has 0 amide bonds. The lowest BCUT2D eigenvalue weighted by Crippen LogP contribution is -2.36. The van der Waals surface area contributed by atoms with Crippen LogP contribution in [0.15, 0.2) is 28.8 Å². The molecule has 0 bridgehead atoms. The Labute approximate surface area is 191 Å². The molecule has 0 aliphatic heterocycles. The SMILES string of the molecule is C#CCOC[C@H](O)CN(CCC(C)C)Cc1c(-c2ccc(F)cc2)noc1N(CC)CC. The van der Waals surface area contributed by atoms with E-state index in [4.69, 9.17) is 15.7 Å². The van der Waals surface area contributed by atoms with Gasteiger partial charge >= 0.3 is 0 Å². The average Bonchev–Trinajstić information content (AvgIpc) is 3.17. The standard InChI is InChI=1S/C25H36FN3O3/c1-6-15-31-18-22(30)16-28(14-13-19(4)5)17-23-24(20-9-11-21(26)12-10-20)27-32-25(23)29(7-2)8-3/h1,9-12,19,22,30H,7-8,13-18H2,2-5H3/t22-/m1/s1. The highest BCUT2D eigenvalue weighted by Gasteiger charge is 2.24. The number of ether oxygens (including phenoxy) is 1. The number of aliphatic hydroxyl groups excluding tert-OH is 1. The van der Waals surface area contributed by atoms with Crippen LogP contribution in [0.5, 0.6) is 0 Å². The minimum absolute atomic E-state index is 0.176. The molecule has 1 heterocycles. The van der Waals surface area contributed by atoms with Gasteiger partial charge < -0.3 is 19.3 Å². The van der Waals surface area contributed by atoms with Crippen LogP contribution < -0.4 is 4.90 Å². The molecule has 0 aliphatic rings. The Morgan fingerprint density at radius 1 is 1.22 bits per heavy atom. The van der Waals surface area contributed by atoms with Gasteiger partial charge in [-0.05, 0) is 57.0 Å². The van der Waals surface area contributed by atoms with Gasteiger partial charge in [-0.1, -0.05) is 24.9 Å². The van der Waals surface area contributed by atoms with Gasteiger partial charge in [0.2, 0.25) is 5.88 Å². The van der Waals surface area contributed by atoms with Crippen molar-refractivity contribution < 1.29 is 18.8 Å². The van der Waals surface area contributed by atoms with Crippen LogP contribution in [0, 0.1) is 24.1 Å². The topological polar surface area (TPSA) is 62.0 Å². The minimum Gasteiger partial charge on any atom is -0.389 e. The van der Waals surface area contributed by atoms with Gasteiger partial charge in [-0.2, -0.15) is 0 Å². The molecule has 1 aromatic carbocycles. The molecule has 0 radical (unpaired) electrons. The Morgan fingerprint density at radius 3 is 2.50 bits per heavy atom. The molecular weight excluding hydrogens is 409 g/mol. The third-order valence-electron chi connectivity index (χ3n) is 5.30. The van der Waals surface area contributed by atoms with E-state index in [0.29, 0.717) is 30.6 Å². The number of nitrogens with zero attached hydrogens (tertiary/aromatic N) is 3. The van der Waals surface area contributed by atoms with Gasteiger partial charge in [-0.3, -0.25) is 4.90 Å². The summed E-state index contributed by atoms with van der Waals surface area (Å²) in [6.07, 6.45) is 5.54. The number of aliphatic hydroxyl groups is 1. The molecule has 2 aromatic rings. The Balaban J connectivity index is 2.34. The molecule has 176 valence electrons.